The van der Waals surface area contributed by atoms with E-state index in [1.807, 2.05) is 5.38 Å². The number of thiazole rings is 1. The Morgan fingerprint density at radius 3 is 2.76 bits per heavy atom. The third kappa shape index (κ3) is 3.37. The van der Waals surface area contributed by atoms with Gasteiger partial charge in [0.2, 0.25) is 0 Å². The van der Waals surface area contributed by atoms with Crippen LogP contribution in [-0.2, 0) is 6.54 Å². The van der Waals surface area contributed by atoms with Gasteiger partial charge in [-0.1, -0.05) is 11.6 Å². The molecule has 0 fully saturated rings. The highest BCUT2D eigenvalue weighted by Gasteiger charge is 2.06. The van der Waals surface area contributed by atoms with Crippen molar-refractivity contribution in [3.05, 3.63) is 64.6 Å². The van der Waals surface area contributed by atoms with E-state index >= 15 is 0 Å². The molecule has 0 aliphatic carbocycles. The molecule has 0 saturated carbocycles. The highest BCUT2D eigenvalue weighted by atomic mass is 35.5. The van der Waals surface area contributed by atoms with Gasteiger partial charge in [-0.25, -0.2) is 9.37 Å². The van der Waals surface area contributed by atoms with Crippen molar-refractivity contribution < 1.29 is 4.39 Å². The Hall–Kier alpha value is -1.98. The summed E-state index contributed by atoms with van der Waals surface area (Å²) in [6.45, 7) is 0.559. The molecule has 0 saturated heterocycles. The SMILES string of the molecule is Fc1ccc(-c2nc(CNc3cnccc3Cl)cs2)cc1. The van der Waals surface area contributed by atoms with Crippen LogP contribution in [0.15, 0.2) is 48.1 Å². The molecule has 0 radical (unpaired) electrons. The summed E-state index contributed by atoms with van der Waals surface area (Å²) >= 11 is 7.58. The van der Waals surface area contributed by atoms with E-state index in [-0.39, 0.29) is 5.82 Å². The van der Waals surface area contributed by atoms with Gasteiger partial charge in [-0.05, 0) is 30.3 Å². The third-order valence-corrected chi connectivity index (χ3v) is 4.14. The van der Waals surface area contributed by atoms with Crippen LogP contribution < -0.4 is 5.32 Å². The van der Waals surface area contributed by atoms with Gasteiger partial charge >= 0.3 is 0 Å². The molecule has 1 aromatic carbocycles. The number of hydrogen-bond acceptors (Lipinski definition) is 4. The zero-order valence-corrected chi connectivity index (χ0v) is 12.5. The lowest BCUT2D eigenvalue weighted by Gasteiger charge is -2.05. The summed E-state index contributed by atoms with van der Waals surface area (Å²) in [6.07, 6.45) is 3.32. The molecule has 2 aromatic heterocycles. The van der Waals surface area contributed by atoms with Crippen LogP contribution in [0.4, 0.5) is 10.1 Å². The van der Waals surface area contributed by atoms with E-state index in [1.54, 1.807) is 30.6 Å². The number of anilines is 1. The van der Waals surface area contributed by atoms with E-state index in [9.17, 15) is 4.39 Å². The van der Waals surface area contributed by atoms with Gasteiger partial charge in [-0.2, -0.15) is 0 Å². The van der Waals surface area contributed by atoms with Crippen molar-refractivity contribution in [1.82, 2.24) is 9.97 Å². The average molecular weight is 320 g/mol. The monoisotopic (exact) mass is 319 g/mol. The van der Waals surface area contributed by atoms with Crippen molar-refractivity contribution in [2.45, 2.75) is 6.54 Å². The first-order valence-corrected chi connectivity index (χ1v) is 7.52. The lowest BCUT2D eigenvalue weighted by molar-refractivity contribution is 0.628. The first-order valence-electron chi connectivity index (χ1n) is 6.26. The molecule has 0 aliphatic heterocycles. The molecule has 21 heavy (non-hydrogen) atoms. The van der Waals surface area contributed by atoms with Crippen LogP contribution in [0.2, 0.25) is 5.02 Å². The Labute approximate surface area is 130 Å². The van der Waals surface area contributed by atoms with Crippen molar-refractivity contribution in [2.24, 2.45) is 0 Å². The van der Waals surface area contributed by atoms with Crippen molar-refractivity contribution in [1.29, 1.82) is 0 Å². The van der Waals surface area contributed by atoms with Gasteiger partial charge in [0.05, 0.1) is 29.1 Å². The van der Waals surface area contributed by atoms with Crippen LogP contribution in [0.3, 0.4) is 0 Å². The number of pyridine rings is 1. The van der Waals surface area contributed by atoms with Gasteiger partial charge < -0.3 is 5.32 Å². The number of hydrogen-bond donors (Lipinski definition) is 1. The predicted molar refractivity (Wildman–Crippen MR) is 84.1 cm³/mol. The Balaban J connectivity index is 1.71. The second kappa shape index (κ2) is 6.20. The summed E-state index contributed by atoms with van der Waals surface area (Å²) < 4.78 is 12.9. The molecule has 0 amide bonds. The Morgan fingerprint density at radius 1 is 1.19 bits per heavy atom. The summed E-state index contributed by atoms with van der Waals surface area (Å²) in [4.78, 5) is 8.54. The molecule has 1 N–H and O–H groups in total. The zero-order valence-electron chi connectivity index (χ0n) is 10.9. The lowest BCUT2D eigenvalue weighted by atomic mass is 10.2. The molecule has 106 valence electrons. The summed E-state index contributed by atoms with van der Waals surface area (Å²) in [5.41, 5.74) is 2.59. The predicted octanol–water partition coefficient (Wildman–Crippen LogP) is 4.61. The van der Waals surface area contributed by atoms with E-state index in [4.69, 9.17) is 11.6 Å². The van der Waals surface area contributed by atoms with Crippen molar-refractivity contribution in [2.75, 3.05) is 5.32 Å². The molecule has 3 aromatic rings. The molecule has 0 bridgehead atoms. The first-order chi connectivity index (χ1) is 10.2. The molecule has 0 aliphatic rings. The number of aromatic nitrogens is 2. The molecule has 3 nitrogen and oxygen atoms in total. The van der Waals surface area contributed by atoms with E-state index in [1.165, 1.54) is 23.5 Å². The molecular weight excluding hydrogens is 309 g/mol. The van der Waals surface area contributed by atoms with Gasteiger partial charge in [-0.15, -0.1) is 11.3 Å². The summed E-state index contributed by atoms with van der Waals surface area (Å²) in [7, 11) is 0. The normalized spacial score (nSPS) is 10.6. The molecule has 3 rings (SSSR count). The third-order valence-electron chi connectivity index (χ3n) is 2.87. The van der Waals surface area contributed by atoms with Crippen LogP contribution in [0.25, 0.3) is 10.6 Å². The maximum atomic E-state index is 12.9. The summed E-state index contributed by atoms with van der Waals surface area (Å²) in [5.74, 6) is -0.247. The maximum Gasteiger partial charge on any atom is 0.123 e. The Bertz CT molecular complexity index is 743. The minimum atomic E-state index is -0.247. The lowest BCUT2D eigenvalue weighted by Crippen LogP contribution is -2.00. The fourth-order valence-corrected chi connectivity index (χ4v) is 2.80. The van der Waals surface area contributed by atoms with Crippen LogP contribution >= 0.6 is 22.9 Å². The largest absolute Gasteiger partial charge is 0.377 e. The number of nitrogens with zero attached hydrogens (tertiary/aromatic N) is 2. The maximum absolute atomic E-state index is 12.9. The summed E-state index contributed by atoms with van der Waals surface area (Å²) in [5, 5.41) is 6.65. The van der Waals surface area contributed by atoms with Crippen LogP contribution in [0.1, 0.15) is 5.69 Å². The average Bonchev–Trinajstić information content (AvgIpc) is 2.96. The number of halogens is 2. The number of rotatable bonds is 4. The van der Waals surface area contributed by atoms with Gasteiger partial charge in [-0.3, -0.25) is 4.98 Å². The molecule has 0 atom stereocenters. The highest BCUT2D eigenvalue weighted by Crippen LogP contribution is 2.25. The van der Waals surface area contributed by atoms with Crippen molar-refractivity contribution >= 4 is 28.6 Å². The molecular formula is C15H11ClFN3S. The van der Waals surface area contributed by atoms with Crippen molar-refractivity contribution in [3.63, 3.8) is 0 Å². The van der Waals surface area contributed by atoms with Crippen LogP contribution in [-0.4, -0.2) is 9.97 Å². The number of nitrogens with one attached hydrogen (secondary N) is 1. The van der Waals surface area contributed by atoms with E-state index in [0.29, 0.717) is 11.6 Å². The quantitative estimate of drug-likeness (QED) is 0.763. The summed E-state index contributed by atoms with van der Waals surface area (Å²) in [6, 6.07) is 8.05. The van der Waals surface area contributed by atoms with E-state index < -0.39 is 0 Å². The van der Waals surface area contributed by atoms with Crippen LogP contribution in [0.5, 0.6) is 0 Å². The second-order valence-corrected chi connectivity index (χ2v) is 5.63. The first kappa shape index (κ1) is 14.0. The smallest absolute Gasteiger partial charge is 0.123 e. The van der Waals surface area contributed by atoms with Crippen LogP contribution in [0, 0.1) is 5.82 Å². The number of benzene rings is 1. The Kier molecular flexibility index (Phi) is 4.13. The minimum Gasteiger partial charge on any atom is -0.377 e. The van der Waals surface area contributed by atoms with Gasteiger partial charge in [0.25, 0.3) is 0 Å². The fourth-order valence-electron chi connectivity index (χ4n) is 1.81. The van der Waals surface area contributed by atoms with E-state index in [2.05, 4.69) is 15.3 Å². The van der Waals surface area contributed by atoms with Gasteiger partial charge in [0.15, 0.2) is 0 Å². The molecule has 0 unspecified atom stereocenters. The van der Waals surface area contributed by atoms with Crippen molar-refractivity contribution in [3.8, 4) is 10.6 Å². The Morgan fingerprint density at radius 2 is 2.00 bits per heavy atom. The van der Waals surface area contributed by atoms with Gasteiger partial charge in [0.1, 0.15) is 10.8 Å². The molecule has 0 spiro atoms. The molecule has 2 heterocycles. The second-order valence-electron chi connectivity index (χ2n) is 4.36. The standard InChI is InChI=1S/C15H11ClFN3S/c16-13-5-6-18-8-14(13)19-7-12-9-21-15(20-12)10-1-3-11(17)4-2-10/h1-6,8-9,19H,7H2. The van der Waals surface area contributed by atoms with E-state index in [0.717, 1.165) is 22.0 Å². The fraction of sp³-hybridized carbons (Fsp3) is 0.0667. The van der Waals surface area contributed by atoms with Gasteiger partial charge in [0, 0.05) is 17.1 Å². The molecule has 6 heteroatoms. The zero-order chi connectivity index (χ0) is 14.7. The minimum absolute atomic E-state index is 0.247. The highest BCUT2D eigenvalue weighted by molar-refractivity contribution is 7.13. The topological polar surface area (TPSA) is 37.8 Å².